The van der Waals surface area contributed by atoms with Crippen LogP contribution in [0.1, 0.15) is 11.1 Å². The van der Waals surface area contributed by atoms with Crippen LogP contribution in [0.15, 0.2) is 83.8 Å². The molecule has 0 spiro atoms. The van der Waals surface area contributed by atoms with Crippen molar-refractivity contribution in [3.63, 3.8) is 0 Å². The van der Waals surface area contributed by atoms with E-state index in [0.717, 1.165) is 17.6 Å². The second-order valence-corrected chi connectivity index (χ2v) is 9.80. The van der Waals surface area contributed by atoms with E-state index in [-0.39, 0.29) is 22.9 Å². The average molecular weight is 489 g/mol. The molecule has 0 unspecified atom stereocenters. The Balaban J connectivity index is 1.78. The number of benzene rings is 3. The summed E-state index contributed by atoms with van der Waals surface area (Å²) in [6, 6.07) is 23.2. The van der Waals surface area contributed by atoms with E-state index in [4.69, 9.17) is 9.47 Å². The summed E-state index contributed by atoms with van der Waals surface area (Å²) in [5.74, 6) is 0.464. The molecular weight excluding hydrogens is 467 g/mol. The van der Waals surface area contributed by atoms with Crippen molar-refractivity contribution in [2.45, 2.75) is 11.5 Å². The van der Waals surface area contributed by atoms with Gasteiger partial charge in [0.25, 0.3) is 0 Å². The molecule has 8 heteroatoms. The minimum atomic E-state index is -3.36. The second kappa shape index (κ2) is 9.95. The van der Waals surface area contributed by atoms with E-state index in [2.05, 4.69) is 11.1 Å². The third-order valence-electron chi connectivity index (χ3n) is 5.35. The number of halogens is 1. The van der Waals surface area contributed by atoms with Gasteiger partial charge < -0.3 is 9.47 Å². The lowest BCUT2D eigenvalue weighted by Gasteiger charge is -2.14. The molecule has 35 heavy (non-hydrogen) atoms. The maximum Gasteiger partial charge on any atom is 0.232 e. The molecule has 0 radical (unpaired) electrons. The normalized spacial score (nSPS) is 11.0. The van der Waals surface area contributed by atoms with Gasteiger partial charge in [-0.25, -0.2) is 17.8 Å². The van der Waals surface area contributed by atoms with Crippen LogP contribution in [0.3, 0.4) is 0 Å². The lowest BCUT2D eigenvalue weighted by Crippen LogP contribution is -2.02. The van der Waals surface area contributed by atoms with E-state index < -0.39 is 15.7 Å². The number of rotatable bonds is 7. The minimum absolute atomic E-state index is 0.138. The number of pyridine rings is 1. The molecule has 1 aromatic heterocycles. The summed E-state index contributed by atoms with van der Waals surface area (Å²) in [5.41, 5.74) is 3.41. The third kappa shape index (κ3) is 5.48. The highest BCUT2D eigenvalue weighted by Gasteiger charge is 2.17. The molecular formula is C27H21FN2O4S. The molecule has 0 aliphatic rings. The molecule has 176 valence electrons. The molecule has 1 heterocycles. The number of nitrogens with zero attached hydrogens (tertiary/aromatic N) is 2. The highest BCUT2D eigenvalue weighted by molar-refractivity contribution is 7.90. The summed E-state index contributed by atoms with van der Waals surface area (Å²) in [7, 11) is -1.78. The third-order valence-corrected chi connectivity index (χ3v) is 6.48. The van der Waals surface area contributed by atoms with Crippen molar-refractivity contribution in [1.29, 1.82) is 5.26 Å². The quantitative estimate of drug-likeness (QED) is 0.345. The fraction of sp³-hybridized carbons (Fsp3) is 0.111. The van der Waals surface area contributed by atoms with Crippen molar-refractivity contribution in [3.8, 4) is 40.1 Å². The predicted octanol–water partition coefficient (Wildman–Crippen LogP) is 5.42. The second-order valence-electron chi connectivity index (χ2n) is 7.79. The van der Waals surface area contributed by atoms with Crippen LogP contribution in [0.5, 0.6) is 11.6 Å². The first-order chi connectivity index (χ1) is 16.8. The average Bonchev–Trinajstić information content (AvgIpc) is 2.87. The first-order valence-corrected chi connectivity index (χ1v) is 12.4. The number of aromatic nitrogens is 1. The summed E-state index contributed by atoms with van der Waals surface area (Å²) in [4.78, 5) is 4.81. The smallest absolute Gasteiger partial charge is 0.232 e. The van der Waals surface area contributed by atoms with E-state index in [0.29, 0.717) is 22.4 Å². The van der Waals surface area contributed by atoms with Crippen LogP contribution in [0, 0.1) is 17.1 Å². The molecule has 6 nitrogen and oxygen atoms in total. The van der Waals surface area contributed by atoms with Crippen molar-refractivity contribution in [1.82, 2.24) is 4.98 Å². The Labute approximate surface area is 203 Å². The standard InChI is InChI=1S/C27H21FN2O4S/c1-33-23-11-3-18(4-12-23)17-34-27-21(16-29)15-25(19-7-13-24(14-8-19)35(2,31)32)26(30-27)20-5-9-22(28)10-6-20/h3-15H,17H2,1-2H3. The maximum atomic E-state index is 13.6. The van der Waals surface area contributed by atoms with Gasteiger partial charge in [0.1, 0.15) is 29.8 Å². The number of hydrogen-bond acceptors (Lipinski definition) is 6. The summed E-state index contributed by atoms with van der Waals surface area (Å²) >= 11 is 0. The lowest BCUT2D eigenvalue weighted by molar-refractivity contribution is 0.293. The van der Waals surface area contributed by atoms with Crippen LogP contribution < -0.4 is 9.47 Å². The summed E-state index contributed by atoms with van der Waals surface area (Å²) in [6.45, 7) is 0.178. The highest BCUT2D eigenvalue weighted by atomic mass is 32.2. The van der Waals surface area contributed by atoms with Crippen LogP contribution >= 0.6 is 0 Å². The van der Waals surface area contributed by atoms with Gasteiger partial charge >= 0.3 is 0 Å². The van der Waals surface area contributed by atoms with Gasteiger partial charge in [-0.05, 0) is 65.7 Å². The van der Waals surface area contributed by atoms with Gasteiger partial charge in [-0.2, -0.15) is 5.26 Å². The van der Waals surface area contributed by atoms with Gasteiger partial charge in [-0.15, -0.1) is 0 Å². The van der Waals surface area contributed by atoms with E-state index in [1.54, 1.807) is 37.4 Å². The van der Waals surface area contributed by atoms with Crippen LogP contribution in [-0.2, 0) is 16.4 Å². The van der Waals surface area contributed by atoms with Gasteiger partial charge in [-0.3, -0.25) is 0 Å². The topological polar surface area (TPSA) is 89.3 Å². The Bertz CT molecular complexity index is 1490. The maximum absolute atomic E-state index is 13.6. The fourth-order valence-electron chi connectivity index (χ4n) is 3.49. The van der Waals surface area contributed by atoms with E-state index in [1.165, 1.54) is 24.3 Å². The van der Waals surface area contributed by atoms with Gasteiger partial charge in [0, 0.05) is 17.4 Å². The lowest BCUT2D eigenvalue weighted by atomic mass is 9.98. The SMILES string of the molecule is COc1ccc(COc2nc(-c3ccc(F)cc3)c(-c3ccc(S(C)(=O)=O)cc3)cc2C#N)cc1. The van der Waals surface area contributed by atoms with Gasteiger partial charge in [-0.1, -0.05) is 24.3 Å². The molecule has 0 atom stereocenters. The van der Waals surface area contributed by atoms with Crippen LogP contribution in [0.4, 0.5) is 4.39 Å². The predicted molar refractivity (Wildman–Crippen MR) is 130 cm³/mol. The van der Waals surface area contributed by atoms with Crippen molar-refractivity contribution >= 4 is 9.84 Å². The Morgan fingerprint density at radius 2 is 1.57 bits per heavy atom. The molecule has 0 fully saturated rings. The summed E-state index contributed by atoms with van der Waals surface area (Å²) in [5, 5.41) is 9.79. The Hall–Kier alpha value is -4.22. The van der Waals surface area contributed by atoms with Gasteiger partial charge in [0.15, 0.2) is 9.84 Å². The molecule has 0 N–H and O–H groups in total. The number of sulfone groups is 1. The van der Waals surface area contributed by atoms with Crippen LogP contribution in [0.2, 0.25) is 0 Å². The highest BCUT2D eigenvalue weighted by Crippen LogP contribution is 2.35. The van der Waals surface area contributed by atoms with Crippen molar-refractivity contribution in [3.05, 3.63) is 95.8 Å². The monoisotopic (exact) mass is 488 g/mol. The molecule has 0 aliphatic heterocycles. The molecule has 0 amide bonds. The van der Waals surface area contributed by atoms with Crippen molar-refractivity contribution < 1.29 is 22.3 Å². The molecule has 3 aromatic carbocycles. The Morgan fingerprint density at radius 1 is 0.943 bits per heavy atom. The molecule has 4 aromatic rings. The minimum Gasteiger partial charge on any atom is -0.497 e. The van der Waals surface area contributed by atoms with Gasteiger partial charge in [0.2, 0.25) is 5.88 Å². The van der Waals surface area contributed by atoms with Crippen molar-refractivity contribution in [2.75, 3.05) is 13.4 Å². The fourth-order valence-corrected chi connectivity index (χ4v) is 4.12. The molecule has 0 saturated carbocycles. The number of methoxy groups -OCH3 is 1. The Kier molecular flexibility index (Phi) is 6.80. The largest absolute Gasteiger partial charge is 0.497 e. The first-order valence-electron chi connectivity index (χ1n) is 10.6. The number of nitriles is 1. The zero-order valence-electron chi connectivity index (χ0n) is 19.0. The zero-order chi connectivity index (χ0) is 25.0. The van der Waals surface area contributed by atoms with Gasteiger partial charge in [0.05, 0.1) is 17.7 Å². The van der Waals surface area contributed by atoms with E-state index >= 15 is 0 Å². The first kappa shape index (κ1) is 23.9. The molecule has 0 aliphatic carbocycles. The van der Waals surface area contributed by atoms with E-state index in [9.17, 15) is 18.1 Å². The Morgan fingerprint density at radius 3 is 2.14 bits per heavy atom. The number of hydrogen-bond donors (Lipinski definition) is 0. The van der Waals surface area contributed by atoms with Crippen molar-refractivity contribution in [2.24, 2.45) is 0 Å². The molecule has 4 rings (SSSR count). The molecule has 0 saturated heterocycles. The number of ether oxygens (including phenoxy) is 2. The zero-order valence-corrected chi connectivity index (χ0v) is 19.8. The van der Waals surface area contributed by atoms with E-state index in [1.807, 2.05) is 24.3 Å². The molecule has 0 bridgehead atoms. The summed E-state index contributed by atoms with van der Waals surface area (Å²) in [6.07, 6.45) is 1.14. The van der Waals surface area contributed by atoms with Crippen LogP contribution in [-0.4, -0.2) is 26.8 Å². The summed E-state index contributed by atoms with van der Waals surface area (Å²) < 4.78 is 48.4. The van der Waals surface area contributed by atoms with Crippen LogP contribution in [0.25, 0.3) is 22.4 Å².